The molecule has 6 rings (SSSR count). The predicted octanol–water partition coefficient (Wildman–Crippen LogP) is 3.57. The van der Waals surface area contributed by atoms with Crippen LogP contribution in [0.25, 0.3) is 22.6 Å². The summed E-state index contributed by atoms with van der Waals surface area (Å²) in [4.78, 5) is 20.4. The van der Waals surface area contributed by atoms with Crippen LogP contribution in [0.4, 0.5) is 11.4 Å². The van der Waals surface area contributed by atoms with Gasteiger partial charge in [0.05, 0.1) is 17.1 Å². The minimum absolute atomic E-state index is 0.0105. The van der Waals surface area contributed by atoms with Crippen LogP contribution in [0, 0.1) is 0 Å². The van der Waals surface area contributed by atoms with Crippen molar-refractivity contribution in [1.29, 1.82) is 0 Å². The first-order chi connectivity index (χ1) is 15.3. The molecule has 2 aromatic carbocycles. The first kappa shape index (κ1) is 17.4. The van der Waals surface area contributed by atoms with Crippen molar-refractivity contribution in [2.45, 2.75) is 6.54 Å². The molecule has 2 N–H and O–H groups in total. The van der Waals surface area contributed by atoms with Gasteiger partial charge in [0.15, 0.2) is 5.65 Å². The van der Waals surface area contributed by atoms with Gasteiger partial charge in [-0.15, -0.1) is 0 Å². The molecule has 8 nitrogen and oxygen atoms in total. The molecule has 1 aliphatic rings. The molecule has 3 aromatic heterocycles. The number of carbonyl (C=O) groups excluding carboxylic acids is 1. The van der Waals surface area contributed by atoms with Gasteiger partial charge in [-0.1, -0.05) is 6.07 Å². The molecule has 5 aromatic rings. The molecule has 0 atom stereocenters. The summed E-state index contributed by atoms with van der Waals surface area (Å²) in [7, 11) is 0. The second-order valence-corrected chi connectivity index (χ2v) is 7.32. The van der Waals surface area contributed by atoms with E-state index in [4.69, 9.17) is 0 Å². The lowest BCUT2D eigenvalue weighted by atomic mass is 10.0. The number of pyridine rings is 1. The molecule has 4 heterocycles. The van der Waals surface area contributed by atoms with Crippen LogP contribution in [0.15, 0.2) is 79.6 Å². The molecule has 0 unspecified atom stereocenters. The van der Waals surface area contributed by atoms with Crippen molar-refractivity contribution in [1.82, 2.24) is 29.5 Å². The zero-order valence-corrected chi connectivity index (χ0v) is 16.4. The molecule has 8 heteroatoms. The lowest BCUT2D eigenvalue weighted by Crippen LogP contribution is -2.12. The summed E-state index contributed by atoms with van der Waals surface area (Å²) in [5.74, 6) is -0.0105. The van der Waals surface area contributed by atoms with E-state index in [0.717, 1.165) is 45.1 Å². The van der Waals surface area contributed by atoms with Gasteiger partial charge >= 0.3 is 0 Å². The van der Waals surface area contributed by atoms with Gasteiger partial charge in [-0.05, 0) is 59.7 Å². The Morgan fingerprint density at radius 1 is 1.03 bits per heavy atom. The van der Waals surface area contributed by atoms with E-state index < -0.39 is 0 Å². The average Bonchev–Trinajstić information content (AvgIpc) is 3.56. The summed E-state index contributed by atoms with van der Waals surface area (Å²) in [5, 5.41) is 10.5. The molecule has 0 fully saturated rings. The summed E-state index contributed by atoms with van der Waals surface area (Å²) < 4.78 is 3.77. The zero-order valence-electron chi connectivity index (χ0n) is 16.4. The SMILES string of the molecule is O=C1NCc2cc(-c3ccc(Nc4ccc(-n5cncn5)cc4)c4nccn34)ccc21. The van der Waals surface area contributed by atoms with Crippen molar-refractivity contribution < 1.29 is 4.79 Å². The van der Waals surface area contributed by atoms with E-state index in [9.17, 15) is 4.79 Å². The highest BCUT2D eigenvalue weighted by molar-refractivity contribution is 5.99. The highest BCUT2D eigenvalue weighted by Crippen LogP contribution is 2.29. The standard InChI is InChI=1S/C23H17N7O/c31-23-19-6-1-15(11-16(19)12-26-23)21-8-7-20(22-25-9-10-29(21)22)28-17-2-4-18(5-3-17)30-14-24-13-27-30/h1-11,13-14,28H,12H2,(H,26,31). The third-order valence-electron chi connectivity index (χ3n) is 5.46. The van der Waals surface area contributed by atoms with Gasteiger partial charge in [0.25, 0.3) is 5.91 Å². The summed E-state index contributed by atoms with van der Waals surface area (Å²) in [6, 6.07) is 18.0. The molecular formula is C23H17N7O. The molecule has 0 bridgehead atoms. The van der Waals surface area contributed by atoms with Crippen molar-refractivity contribution in [2.24, 2.45) is 0 Å². The Bertz CT molecular complexity index is 1420. The number of imidazole rings is 1. The zero-order chi connectivity index (χ0) is 20.8. The number of nitrogens with one attached hydrogen (secondary N) is 2. The van der Waals surface area contributed by atoms with Crippen molar-refractivity contribution >= 4 is 22.9 Å². The predicted molar refractivity (Wildman–Crippen MR) is 116 cm³/mol. The Kier molecular flexibility index (Phi) is 3.82. The smallest absolute Gasteiger partial charge is 0.251 e. The van der Waals surface area contributed by atoms with E-state index in [2.05, 4.69) is 42.2 Å². The second-order valence-electron chi connectivity index (χ2n) is 7.32. The van der Waals surface area contributed by atoms with Gasteiger partial charge in [-0.2, -0.15) is 5.10 Å². The number of anilines is 2. The monoisotopic (exact) mass is 407 g/mol. The fourth-order valence-electron chi connectivity index (χ4n) is 3.93. The molecule has 0 spiro atoms. The van der Waals surface area contributed by atoms with Gasteiger partial charge in [0.1, 0.15) is 12.7 Å². The molecule has 1 aliphatic heterocycles. The largest absolute Gasteiger partial charge is 0.352 e. The minimum atomic E-state index is -0.0105. The van der Waals surface area contributed by atoms with Crippen LogP contribution >= 0.6 is 0 Å². The first-order valence-corrected chi connectivity index (χ1v) is 9.86. The summed E-state index contributed by atoms with van der Waals surface area (Å²) in [6.07, 6.45) is 6.91. The number of nitrogens with zero attached hydrogens (tertiary/aromatic N) is 5. The maximum Gasteiger partial charge on any atom is 0.251 e. The second kappa shape index (κ2) is 6.81. The fourth-order valence-corrected chi connectivity index (χ4v) is 3.93. The van der Waals surface area contributed by atoms with Gasteiger partial charge in [-0.25, -0.2) is 14.6 Å². The minimum Gasteiger partial charge on any atom is -0.352 e. The lowest BCUT2D eigenvalue weighted by Gasteiger charge is -2.12. The number of aromatic nitrogens is 5. The topological polar surface area (TPSA) is 89.1 Å². The van der Waals surface area contributed by atoms with E-state index in [1.807, 2.05) is 48.7 Å². The van der Waals surface area contributed by atoms with Gasteiger partial charge in [0, 0.05) is 30.2 Å². The van der Waals surface area contributed by atoms with Gasteiger partial charge in [0.2, 0.25) is 0 Å². The number of hydrogen-bond acceptors (Lipinski definition) is 5. The number of rotatable bonds is 4. The lowest BCUT2D eigenvalue weighted by molar-refractivity contribution is 0.0966. The summed E-state index contributed by atoms with van der Waals surface area (Å²) in [6.45, 7) is 0.569. The molecule has 0 radical (unpaired) electrons. The number of amides is 1. The maximum atomic E-state index is 11.8. The molecule has 31 heavy (non-hydrogen) atoms. The molecule has 150 valence electrons. The van der Waals surface area contributed by atoms with E-state index >= 15 is 0 Å². The van der Waals surface area contributed by atoms with Crippen LogP contribution in [0.1, 0.15) is 15.9 Å². The maximum absolute atomic E-state index is 11.8. The number of benzene rings is 2. The van der Waals surface area contributed by atoms with Crippen LogP contribution in [-0.2, 0) is 6.54 Å². The Morgan fingerprint density at radius 3 is 2.77 bits per heavy atom. The molecular weight excluding hydrogens is 390 g/mol. The number of fused-ring (bicyclic) bond motifs is 2. The summed E-state index contributed by atoms with van der Waals surface area (Å²) >= 11 is 0. The van der Waals surface area contributed by atoms with Crippen LogP contribution in [0.2, 0.25) is 0 Å². The summed E-state index contributed by atoms with van der Waals surface area (Å²) in [5.41, 5.74) is 7.44. The van der Waals surface area contributed by atoms with E-state index in [-0.39, 0.29) is 5.91 Å². The van der Waals surface area contributed by atoms with Crippen molar-refractivity contribution in [2.75, 3.05) is 5.32 Å². The van der Waals surface area contributed by atoms with Crippen LogP contribution in [0.5, 0.6) is 0 Å². The molecule has 0 saturated carbocycles. The third-order valence-corrected chi connectivity index (χ3v) is 5.46. The van der Waals surface area contributed by atoms with Gasteiger partial charge in [-0.3, -0.25) is 9.20 Å². The van der Waals surface area contributed by atoms with Crippen LogP contribution in [-0.4, -0.2) is 30.1 Å². The van der Waals surface area contributed by atoms with Crippen LogP contribution < -0.4 is 10.6 Å². The van der Waals surface area contributed by atoms with Crippen molar-refractivity contribution in [3.8, 4) is 16.9 Å². The Morgan fingerprint density at radius 2 is 1.94 bits per heavy atom. The van der Waals surface area contributed by atoms with Crippen molar-refractivity contribution in [3.05, 3.63) is 90.8 Å². The normalized spacial score (nSPS) is 12.7. The molecule has 1 amide bonds. The Balaban J connectivity index is 1.34. The number of carbonyl (C=O) groups is 1. The number of hydrogen-bond donors (Lipinski definition) is 2. The quantitative estimate of drug-likeness (QED) is 0.475. The Hall–Kier alpha value is -4.46. The first-order valence-electron chi connectivity index (χ1n) is 9.86. The highest BCUT2D eigenvalue weighted by atomic mass is 16.1. The highest BCUT2D eigenvalue weighted by Gasteiger charge is 2.19. The van der Waals surface area contributed by atoms with Crippen molar-refractivity contribution in [3.63, 3.8) is 0 Å². The van der Waals surface area contributed by atoms with E-state index in [0.29, 0.717) is 6.54 Å². The third kappa shape index (κ3) is 2.93. The fraction of sp³-hybridized carbons (Fsp3) is 0.0435. The van der Waals surface area contributed by atoms with Crippen LogP contribution in [0.3, 0.4) is 0 Å². The van der Waals surface area contributed by atoms with E-state index in [1.54, 1.807) is 17.2 Å². The van der Waals surface area contributed by atoms with E-state index in [1.165, 1.54) is 6.33 Å². The van der Waals surface area contributed by atoms with Gasteiger partial charge < -0.3 is 10.6 Å². The molecule has 0 aliphatic carbocycles. The average molecular weight is 407 g/mol. The Labute approximate surface area is 177 Å². The molecule has 0 saturated heterocycles.